The molecule has 1 aromatic rings. The van der Waals surface area contributed by atoms with Gasteiger partial charge in [-0.05, 0) is 5.56 Å². The quantitative estimate of drug-likeness (QED) is 0.630. The van der Waals surface area contributed by atoms with E-state index in [4.69, 9.17) is 6.42 Å². The smallest absolute Gasteiger partial charge is 0.0899 e. The van der Waals surface area contributed by atoms with Crippen LogP contribution in [0, 0.1) is 12.3 Å². The minimum atomic E-state index is -0.513. The minimum absolute atomic E-state index is 0.379. The molecule has 0 aliphatic heterocycles. The predicted octanol–water partition coefficient (Wildman–Crippen LogP) is 1.74. The van der Waals surface area contributed by atoms with Gasteiger partial charge in [-0.25, -0.2) is 0 Å². The third-order valence-corrected chi connectivity index (χ3v) is 1.50. The van der Waals surface area contributed by atoms with Crippen LogP contribution >= 0.6 is 0 Å². The molecule has 0 heterocycles. The molecule has 1 N–H and O–H groups in total. The third-order valence-electron chi connectivity index (χ3n) is 1.50. The summed E-state index contributed by atoms with van der Waals surface area (Å²) in [4.78, 5) is 0. The Hall–Kier alpha value is -1.26. The van der Waals surface area contributed by atoms with Crippen LogP contribution in [0.2, 0.25) is 0 Å². The molecule has 0 fully saturated rings. The summed E-state index contributed by atoms with van der Waals surface area (Å²) in [6.45, 7) is 0. The number of aliphatic hydroxyl groups excluding tert-OH is 1. The van der Waals surface area contributed by atoms with Crippen LogP contribution in [0.15, 0.2) is 30.3 Å². The molecule has 0 saturated carbocycles. The van der Waals surface area contributed by atoms with E-state index >= 15 is 0 Å². The van der Waals surface area contributed by atoms with Crippen molar-refractivity contribution in [1.29, 1.82) is 0 Å². The topological polar surface area (TPSA) is 20.2 Å². The van der Waals surface area contributed by atoms with Crippen molar-refractivity contribution in [2.75, 3.05) is 0 Å². The average Bonchev–Trinajstić information content (AvgIpc) is 2.07. The first-order valence-corrected chi connectivity index (χ1v) is 3.51. The van der Waals surface area contributed by atoms with Crippen LogP contribution in [-0.4, -0.2) is 5.11 Å². The van der Waals surface area contributed by atoms with Gasteiger partial charge in [0, 0.05) is 6.42 Å². The van der Waals surface area contributed by atoms with Crippen molar-refractivity contribution in [3.05, 3.63) is 35.9 Å². The molecular formula is C10H10O. The Labute approximate surface area is 66.7 Å². The lowest BCUT2D eigenvalue weighted by Crippen LogP contribution is -1.94. The molecule has 0 spiro atoms. The van der Waals surface area contributed by atoms with Gasteiger partial charge >= 0.3 is 0 Å². The fraction of sp³-hybridized carbons (Fsp3) is 0.200. The molecule has 1 nitrogen and oxygen atoms in total. The Morgan fingerprint density at radius 2 is 2.00 bits per heavy atom. The first kappa shape index (κ1) is 7.84. The zero-order chi connectivity index (χ0) is 8.10. The molecule has 1 heteroatoms. The SMILES string of the molecule is C#CC[C@H](O)c1ccccc1. The van der Waals surface area contributed by atoms with E-state index in [1.54, 1.807) is 0 Å². The molecule has 0 aliphatic carbocycles. The van der Waals surface area contributed by atoms with E-state index in [0.29, 0.717) is 6.42 Å². The molecule has 0 unspecified atom stereocenters. The highest BCUT2D eigenvalue weighted by Crippen LogP contribution is 2.14. The standard InChI is InChI=1S/C10H10O/c1-2-6-10(11)9-7-4-3-5-8-9/h1,3-5,7-8,10-11H,6H2/t10-/m0/s1. The summed E-state index contributed by atoms with van der Waals surface area (Å²) in [6, 6.07) is 9.40. The molecular weight excluding hydrogens is 136 g/mol. The second-order valence-electron chi connectivity index (χ2n) is 2.33. The Balaban J connectivity index is 2.70. The van der Waals surface area contributed by atoms with Crippen molar-refractivity contribution < 1.29 is 5.11 Å². The Bertz CT molecular complexity index is 245. The van der Waals surface area contributed by atoms with Gasteiger partial charge in [-0.15, -0.1) is 12.3 Å². The molecule has 0 bridgehead atoms. The lowest BCUT2D eigenvalue weighted by Gasteiger charge is -2.05. The van der Waals surface area contributed by atoms with Crippen LogP contribution in [0.25, 0.3) is 0 Å². The predicted molar refractivity (Wildman–Crippen MR) is 44.9 cm³/mol. The van der Waals surface area contributed by atoms with Crippen molar-refractivity contribution in [3.8, 4) is 12.3 Å². The normalized spacial score (nSPS) is 12.0. The zero-order valence-electron chi connectivity index (χ0n) is 6.20. The number of aliphatic hydroxyl groups is 1. The third kappa shape index (κ3) is 2.10. The van der Waals surface area contributed by atoms with Crippen molar-refractivity contribution in [2.45, 2.75) is 12.5 Å². The summed E-state index contributed by atoms with van der Waals surface area (Å²) in [5, 5.41) is 9.38. The fourth-order valence-electron chi connectivity index (χ4n) is 0.905. The van der Waals surface area contributed by atoms with Crippen molar-refractivity contribution in [1.82, 2.24) is 0 Å². The molecule has 56 valence electrons. The maximum Gasteiger partial charge on any atom is 0.0899 e. The van der Waals surface area contributed by atoms with Crippen molar-refractivity contribution >= 4 is 0 Å². The summed E-state index contributed by atoms with van der Waals surface area (Å²) in [6.07, 6.45) is 4.92. The number of rotatable bonds is 2. The fourth-order valence-corrected chi connectivity index (χ4v) is 0.905. The average molecular weight is 146 g/mol. The minimum Gasteiger partial charge on any atom is -0.387 e. The summed E-state index contributed by atoms with van der Waals surface area (Å²) in [7, 11) is 0. The van der Waals surface area contributed by atoms with Gasteiger partial charge < -0.3 is 5.11 Å². The van der Waals surface area contributed by atoms with Gasteiger partial charge in [-0.2, -0.15) is 0 Å². The molecule has 1 atom stereocenters. The van der Waals surface area contributed by atoms with Crippen LogP contribution in [0.4, 0.5) is 0 Å². The van der Waals surface area contributed by atoms with E-state index in [1.807, 2.05) is 30.3 Å². The van der Waals surface area contributed by atoms with Gasteiger partial charge in [0.15, 0.2) is 0 Å². The van der Waals surface area contributed by atoms with E-state index < -0.39 is 6.10 Å². The van der Waals surface area contributed by atoms with Gasteiger partial charge in [-0.3, -0.25) is 0 Å². The van der Waals surface area contributed by atoms with E-state index in [-0.39, 0.29) is 0 Å². The van der Waals surface area contributed by atoms with Gasteiger partial charge in [-0.1, -0.05) is 30.3 Å². The van der Waals surface area contributed by atoms with E-state index in [9.17, 15) is 5.11 Å². The highest BCUT2D eigenvalue weighted by Gasteiger charge is 2.02. The maximum absolute atomic E-state index is 9.38. The van der Waals surface area contributed by atoms with Crippen LogP contribution in [0.3, 0.4) is 0 Å². The van der Waals surface area contributed by atoms with Gasteiger partial charge in [0.25, 0.3) is 0 Å². The van der Waals surface area contributed by atoms with Crippen LogP contribution < -0.4 is 0 Å². The van der Waals surface area contributed by atoms with Gasteiger partial charge in [0.1, 0.15) is 0 Å². The molecule has 0 amide bonds. The zero-order valence-corrected chi connectivity index (χ0v) is 6.20. The molecule has 0 aromatic heterocycles. The second-order valence-corrected chi connectivity index (χ2v) is 2.33. The van der Waals surface area contributed by atoms with E-state index in [2.05, 4.69) is 5.92 Å². The molecule has 1 aromatic carbocycles. The van der Waals surface area contributed by atoms with Crippen molar-refractivity contribution in [3.63, 3.8) is 0 Å². The Morgan fingerprint density at radius 1 is 1.36 bits per heavy atom. The van der Waals surface area contributed by atoms with Gasteiger partial charge in [0.05, 0.1) is 6.10 Å². The highest BCUT2D eigenvalue weighted by atomic mass is 16.3. The monoisotopic (exact) mass is 146 g/mol. The highest BCUT2D eigenvalue weighted by molar-refractivity contribution is 5.18. The lowest BCUT2D eigenvalue weighted by atomic mass is 10.1. The number of terminal acetylenes is 1. The molecule has 0 aliphatic rings. The molecule has 11 heavy (non-hydrogen) atoms. The van der Waals surface area contributed by atoms with Crippen LogP contribution in [-0.2, 0) is 0 Å². The Kier molecular flexibility index (Phi) is 2.71. The maximum atomic E-state index is 9.38. The first-order valence-electron chi connectivity index (χ1n) is 3.51. The summed E-state index contributed by atoms with van der Waals surface area (Å²) >= 11 is 0. The molecule has 0 radical (unpaired) electrons. The van der Waals surface area contributed by atoms with Gasteiger partial charge in [0.2, 0.25) is 0 Å². The lowest BCUT2D eigenvalue weighted by molar-refractivity contribution is 0.184. The second kappa shape index (κ2) is 3.80. The number of benzene rings is 1. The number of hydrogen-bond acceptors (Lipinski definition) is 1. The number of hydrogen-bond donors (Lipinski definition) is 1. The van der Waals surface area contributed by atoms with E-state index in [0.717, 1.165) is 5.56 Å². The molecule has 0 saturated heterocycles. The molecule has 1 rings (SSSR count). The summed E-state index contributed by atoms with van der Waals surface area (Å²) in [5.74, 6) is 2.42. The van der Waals surface area contributed by atoms with E-state index in [1.165, 1.54) is 0 Å². The first-order chi connectivity index (χ1) is 5.34. The largest absolute Gasteiger partial charge is 0.387 e. The summed E-state index contributed by atoms with van der Waals surface area (Å²) < 4.78 is 0. The van der Waals surface area contributed by atoms with Crippen LogP contribution in [0.5, 0.6) is 0 Å². The summed E-state index contributed by atoms with van der Waals surface area (Å²) in [5.41, 5.74) is 0.880. The van der Waals surface area contributed by atoms with Crippen molar-refractivity contribution in [2.24, 2.45) is 0 Å². The van der Waals surface area contributed by atoms with Crippen LogP contribution in [0.1, 0.15) is 18.1 Å². The Morgan fingerprint density at radius 3 is 2.55 bits per heavy atom.